The van der Waals surface area contributed by atoms with Crippen LogP contribution in [0.3, 0.4) is 0 Å². The normalized spacial score (nSPS) is 32.2. The molecule has 2 saturated heterocycles. The minimum absolute atomic E-state index is 0.0534. The third kappa shape index (κ3) is 4.48. The molecule has 1 saturated carbocycles. The molecule has 8 nitrogen and oxygen atoms in total. The number of nitrogens with zero attached hydrogens (tertiary/aromatic N) is 1. The van der Waals surface area contributed by atoms with Crippen LogP contribution >= 0.6 is 0 Å². The van der Waals surface area contributed by atoms with Gasteiger partial charge in [-0.2, -0.15) is 0 Å². The van der Waals surface area contributed by atoms with Crippen molar-refractivity contribution in [3.8, 4) is 5.75 Å². The molecule has 3 fully saturated rings. The maximum Gasteiger partial charge on any atom is 0.246 e. The van der Waals surface area contributed by atoms with E-state index in [1.165, 1.54) is 0 Å². The molecule has 3 aliphatic heterocycles. The highest BCUT2D eigenvalue weighted by atomic mass is 16.5. The van der Waals surface area contributed by atoms with Crippen LogP contribution in [0, 0.1) is 24.7 Å². The predicted molar refractivity (Wildman–Crippen MR) is 150 cm³/mol. The summed E-state index contributed by atoms with van der Waals surface area (Å²) in [5.41, 5.74) is 1.38. The van der Waals surface area contributed by atoms with Gasteiger partial charge in [0.1, 0.15) is 17.4 Å². The van der Waals surface area contributed by atoms with Gasteiger partial charge in [-0.1, -0.05) is 56.2 Å². The van der Waals surface area contributed by atoms with E-state index >= 15 is 0 Å². The number of likely N-dealkylation sites (tertiary alicyclic amines) is 1. The number of nitrogens with one attached hydrogen (secondary N) is 2. The lowest BCUT2D eigenvalue weighted by Crippen LogP contribution is -2.57. The Bertz CT molecular complexity index is 1340. The van der Waals surface area contributed by atoms with Crippen molar-refractivity contribution < 1.29 is 23.9 Å². The molecule has 210 valence electrons. The topological polar surface area (TPSA) is 97.0 Å². The number of anilines is 1. The molecule has 6 rings (SSSR count). The van der Waals surface area contributed by atoms with Crippen molar-refractivity contribution in [2.45, 2.75) is 69.9 Å². The molecular formula is C32H37N3O5. The quantitative estimate of drug-likeness (QED) is 0.515. The Morgan fingerprint density at radius 3 is 2.60 bits per heavy atom. The van der Waals surface area contributed by atoms with Gasteiger partial charge in [-0.05, 0) is 61.1 Å². The van der Waals surface area contributed by atoms with Crippen molar-refractivity contribution in [3.63, 3.8) is 0 Å². The van der Waals surface area contributed by atoms with Crippen LogP contribution in [-0.2, 0) is 25.7 Å². The first-order valence-corrected chi connectivity index (χ1v) is 14.3. The van der Waals surface area contributed by atoms with E-state index in [0.29, 0.717) is 17.4 Å². The summed E-state index contributed by atoms with van der Waals surface area (Å²) < 4.78 is 11.8. The van der Waals surface area contributed by atoms with Crippen LogP contribution in [0.4, 0.5) is 5.69 Å². The first-order valence-electron chi connectivity index (χ1n) is 14.3. The number of carbonyl (C=O) groups is 3. The average Bonchev–Trinajstić information content (AvgIpc) is 3.58. The number of benzene rings is 2. The lowest BCUT2D eigenvalue weighted by Gasteiger charge is -2.36. The van der Waals surface area contributed by atoms with Crippen molar-refractivity contribution in [1.82, 2.24) is 10.2 Å². The molecule has 2 bridgehead atoms. The molecule has 8 heteroatoms. The fraction of sp³-hybridized carbons (Fsp3) is 0.469. The summed E-state index contributed by atoms with van der Waals surface area (Å²) in [5.74, 6) is -1.16. The minimum Gasteiger partial charge on any atom is -0.497 e. The number of hydrogen-bond acceptors (Lipinski definition) is 5. The summed E-state index contributed by atoms with van der Waals surface area (Å²) in [4.78, 5) is 43.6. The lowest BCUT2D eigenvalue weighted by atomic mass is 9.74. The molecule has 7 atom stereocenters. The number of hydrogen-bond donors (Lipinski definition) is 2. The Morgan fingerprint density at radius 2 is 1.88 bits per heavy atom. The monoisotopic (exact) mass is 543 g/mol. The van der Waals surface area contributed by atoms with Crippen LogP contribution < -0.4 is 15.4 Å². The molecule has 4 aliphatic rings. The van der Waals surface area contributed by atoms with E-state index in [1.807, 2.05) is 67.6 Å². The number of fused-ring (bicyclic) bond motifs is 1. The Morgan fingerprint density at radius 1 is 1.10 bits per heavy atom. The van der Waals surface area contributed by atoms with E-state index < -0.39 is 29.6 Å². The maximum absolute atomic E-state index is 14.2. The smallest absolute Gasteiger partial charge is 0.246 e. The van der Waals surface area contributed by atoms with Gasteiger partial charge in [0.15, 0.2) is 0 Å². The standard InChI is InChI=1S/C32H37N3O5/c1-19-7-6-9-22(17-19)33-29(36)26-25-15-16-32(40-25)27(26)31(38)35(18-21-11-13-23(39-3)14-12-21)28(32)30(37)34-24-10-5-4-8-20(24)2/h6-7,9,11-17,20,24-28H,4-5,8,10,18H2,1-3H3,(H,33,36)(H,34,37)/t20?,24?,25-,26?,27-,28?,32?/m1/s1. The first-order chi connectivity index (χ1) is 19.3. The maximum atomic E-state index is 14.2. The SMILES string of the molecule is COc1ccc(CN2C(=O)[C@H]3C(C(=O)Nc4cccc(C)c4)[C@H]4C=CC3(O4)C2C(=O)NC2CCCCC2C)cc1. The van der Waals surface area contributed by atoms with Crippen molar-refractivity contribution in [2.75, 3.05) is 12.4 Å². The molecule has 1 aliphatic carbocycles. The van der Waals surface area contributed by atoms with Gasteiger partial charge < -0.3 is 25.0 Å². The van der Waals surface area contributed by atoms with E-state index in [0.717, 1.165) is 36.8 Å². The zero-order chi connectivity index (χ0) is 28.0. The third-order valence-electron chi connectivity index (χ3n) is 9.16. The number of aryl methyl sites for hydroxylation is 1. The molecule has 2 aromatic carbocycles. The van der Waals surface area contributed by atoms with E-state index in [1.54, 1.807) is 12.0 Å². The Balaban J connectivity index is 1.32. The molecule has 5 unspecified atom stereocenters. The van der Waals surface area contributed by atoms with Crippen LogP contribution in [0.25, 0.3) is 0 Å². The highest BCUT2D eigenvalue weighted by Gasteiger charge is 2.72. The van der Waals surface area contributed by atoms with Gasteiger partial charge in [-0.15, -0.1) is 0 Å². The number of rotatable bonds is 7. The molecule has 2 N–H and O–H groups in total. The fourth-order valence-electron chi connectivity index (χ4n) is 7.11. The highest BCUT2D eigenvalue weighted by molar-refractivity contribution is 6.02. The lowest BCUT2D eigenvalue weighted by molar-refractivity contribution is -0.142. The number of amides is 3. The van der Waals surface area contributed by atoms with Gasteiger partial charge in [0, 0.05) is 18.3 Å². The predicted octanol–water partition coefficient (Wildman–Crippen LogP) is 3.99. The second-order valence-electron chi connectivity index (χ2n) is 11.8. The fourth-order valence-corrected chi connectivity index (χ4v) is 7.11. The van der Waals surface area contributed by atoms with Gasteiger partial charge in [-0.25, -0.2) is 0 Å². The Hall–Kier alpha value is -3.65. The van der Waals surface area contributed by atoms with Crippen LogP contribution in [0.1, 0.15) is 43.7 Å². The summed E-state index contributed by atoms with van der Waals surface area (Å²) in [6.07, 6.45) is 7.37. The number of carbonyl (C=O) groups excluding carboxylic acids is 3. The molecule has 0 radical (unpaired) electrons. The average molecular weight is 544 g/mol. The van der Waals surface area contributed by atoms with Crippen LogP contribution in [0.5, 0.6) is 5.75 Å². The van der Waals surface area contributed by atoms with E-state index in [4.69, 9.17) is 9.47 Å². The Kier molecular flexibility index (Phi) is 6.90. The van der Waals surface area contributed by atoms with E-state index in [9.17, 15) is 14.4 Å². The molecule has 40 heavy (non-hydrogen) atoms. The molecule has 1 spiro atoms. The summed E-state index contributed by atoms with van der Waals surface area (Å²) >= 11 is 0. The zero-order valence-electron chi connectivity index (χ0n) is 23.3. The minimum atomic E-state index is -1.19. The second kappa shape index (κ2) is 10.4. The molecule has 2 aromatic rings. The molecule has 3 amide bonds. The summed E-state index contributed by atoms with van der Waals surface area (Å²) in [6.45, 7) is 4.36. The van der Waals surface area contributed by atoms with Crippen LogP contribution in [-0.4, -0.2) is 53.5 Å². The van der Waals surface area contributed by atoms with Gasteiger partial charge in [0.25, 0.3) is 0 Å². The molecule has 3 heterocycles. The number of ether oxygens (including phenoxy) is 2. The van der Waals surface area contributed by atoms with E-state index in [2.05, 4.69) is 17.6 Å². The summed E-state index contributed by atoms with van der Waals surface area (Å²) in [7, 11) is 1.61. The van der Waals surface area contributed by atoms with Crippen molar-refractivity contribution >= 4 is 23.4 Å². The van der Waals surface area contributed by atoms with Crippen molar-refractivity contribution in [3.05, 3.63) is 71.8 Å². The second-order valence-corrected chi connectivity index (χ2v) is 11.8. The van der Waals surface area contributed by atoms with E-state index in [-0.39, 0.29) is 30.3 Å². The van der Waals surface area contributed by atoms with Gasteiger partial charge in [0.05, 0.1) is 25.0 Å². The van der Waals surface area contributed by atoms with Gasteiger partial charge in [0.2, 0.25) is 17.7 Å². The zero-order valence-corrected chi connectivity index (χ0v) is 23.3. The van der Waals surface area contributed by atoms with Crippen LogP contribution in [0.2, 0.25) is 0 Å². The summed E-state index contributed by atoms with van der Waals surface area (Å²) in [5, 5.41) is 6.27. The molecule has 0 aromatic heterocycles. The van der Waals surface area contributed by atoms with Gasteiger partial charge >= 0.3 is 0 Å². The van der Waals surface area contributed by atoms with Crippen molar-refractivity contribution in [1.29, 1.82) is 0 Å². The Labute approximate surface area is 235 Å². The summed E-state index contributed by atoms with van der Waals surface area (Å²) in [6, 6.07) is 14.2. The highest BCUT2D eigenvalue weighted by Crippen LogP contribution is 2.55. The third-order valence-corrected chi connectivity index (χ3v) is 9.16. The van der Waals surface area contributed by atoms with Crippen LogP contribution in [0.15, 0.2) is 60.7 Å². The first kappa shape index (κ1) is 26.6. The number of methoxy groups -OCH3 is 1. The largest absolute Gasteiger partial charge is 0.497 e. The van der Waals surface area contributed by atoms with Crippen molar-refractivity contribution in [2.24, 2.45) is 17.8 Å². The van der Waals surface area contributed by atoms with Gasteiger partial charge in [-0.3, -0.25) is 14.4 Å². The molecular weight excluding hydrogens is 506 g/mol.